The number of fused-ring (bicyclic) bond motifs is 1. The topological polar surface area (TPSA) is 112 Å². The Morgan fingerprint density at radius 3 is 2.53 bits per heavy atom. The minimum Gasteiger partial charge on any atom is -0.382 e. The quantitative estimate of drug-likeness (QED) is 0.406. The van der Waals surface area contributed by atoms with E-state index >= 15 is 0 Å². The molecule has 5 aromatic heterocycles. The number of pyridine rings is 3. The van der Waals surface area contributed by atoms with Crippen molar-refractivity contribution in [2.75, 3.05) is 0 Å². The van der Waals surface area contributed by atoms with Crippen molar-refractivity contribution in [3.05, 3.63) is 94.1 Å². The predicted molar refractivity (Wildman–Crippen MR) is 132 cm³/mol. The zero-order valence-corrected chi connectivity index (χ0v) is 20.3. The highest BCUT2D eigenvalue weighted by Crippen LogP contribution is 2.24. The Bertz CT molecular complexity index is 1650. The van der Waals surface area contributed by atoms with Crippen molar-refractivity contribution in [3.63, 3.8) is 0 Å². The van der Waals surface area contributed by atoms with E-state index in [1.807, 2.05) is 19.9 Å². The van der Waals surface area contributed by atoms with E-state index in [9.17, 15) is 14.3 Å². The predicted octanol–water partition coefficient (Wildman–Crippen LogP) is 3.47. The maximum atomic E-state index is 13.6. The molecule has 0 fully saturated rings. The average molecular weight is 486 g/mol. The zero-order chi connectivity index (χ0) is 25.6. The standard InChI is InChI=1S/C26H24FN7O2/c1-15-11-30-21(20-7-8-28-25(32-20)26(3,4)36)10-22(15)34-16(2)9-23-19(24(34)35)13-31-33(23)14-18-6-5-17(27)12-29-18/h5-13,36H,14H2,1-4H3. The van der Waals surface area contributed by atoms with Crippen LogP contribution in [-0.2, 0) is 12.1 Å². The normalized spacial score (nSPS) is 11.8. The molecule has 5 heterocycles. The van der Waals surface area contributed by atoms with E-state index in [4.69, 9.17) is 0 Å². The van der Waals surface area contributed by atoms with E-state index in [1.54, 1.807) is 53.7 Å². The van der Waals surface area contributed by atoms with Crippen LogP contribution in [0.15, 0.2) is 59.9 Å². The van der Waals surface area contributed by atoms with Gasteiger partial charge in [-0.05, 0) is 63.6 Å². The van der Waals surface area contributed by atoms with E-state index in [0.29, 0.717) is 45.9 Å². The van der Waals surface area contributed by atoms with Crippen molar-refractivity contribution >= 4 is 10.9 Å². The number of aryl methyl sites for hydroxylation is 2. The van der Waals surface area contributed by atoms with Crippen LogP contribution in [0.2, 0.25) is 0 Å². The smallest absolute Gasteiger partial charge is 0.266 e. The molecule has 0 aromatic carbocycles. The molecule has 5 rings (SSSR count). The molecule has 0 aliphatic heterocycles. The number of aromatic nitrogens is 7. The van der Waals surface area contributed by atoms with E-state index in [0.717, 1.165) is 11.8 Å². The minimum atomic E-state index is -1.20. The summed E-state index contributed by atoms with van der Waals surface area (Å²) in [5.41, 5.74) is 3.15. The fourth-order valence-electron chi connectivity index (χ4n) is 4.02. The summed E-state index contributed by atoms with van der Waals surface area (Å²) in [6.45, 7) is 7.27. The molecule has 0 unspecified atom stereocenters. The van der Waals surface area contributed by atoms with Gasteiger partial charge >= 0.3 is 0 Å². The first-order chi connectivity index (χ1) is 17.1. The van der Waals surface area contributed by atoms with Gasteiger partial charge in [-0.15, -0.1) is 0 Å². The minimum absolute atomic E-state index is 0.219. The Labute approximate surface area is 206 Å². The van der Waals surface area contributed by atoms with Crippen LogP contribution in [0.5, 0.6) is 0 Å². The highest BCUT2D eigenvalue weighted by Gasteiger charge is 2.21. The Hall–Kier alpha value is -4.31. The fraction of sp³-hybridized carbons (Fsp3) is 0.231. The van der Waals surface area contributed by atoms with Gasteiger partial charge in [-0.3, -0.25) is 24.0 Å². The largest absolute Gasteiger partial charge is 0.382 e. The third kappa shape index (κ3) is 4.27. The second-order valence-electron chi connectivity index (χ2n) is 9.18. The van der Waals surface area contributed by atoms with E-state index < -0.39 is 11.4 Å². The number of rotatable bonds is 5. The SMILES string of the molecule is Cc1cnc(-c2ccnc(C(C)(C)O)n2)cc1-n1c(C)cc2c(cnn2Cc2ccc(F)cn2)c1=O. The molecule has 9 nitrogen and oxygen atoms in total. The molecule has 36 heavy (non-hydrogen) atoms. The molecule has 0 atom stereocenters. The summed E-state index contributed by atoms with van der Waals surface area (Å²) in [6.07, 6.45) is 5.96. The zero-order valence-electron chi connectivity index (χ0n) is 20.3. The number of nitrogens with zero attached hydrogens (tertiary/aromatic N) is 7. The van der Waals surface area contributed by atoms with E-state index in [-0.39, 0.29) is 11.4 Å². The number of hydrogen-bond acceptors (Lipinski definition) is 7. The van der Waals surface area contributed by atoms with Gasteiger partial charge in [0.05, 0.1) is 52.6 Å². The van der Waals surface area contributed by atoms with Crippen molar-refractivity contribution in [3.8, 4) is 17.1 Å². The van der Waals surface area contributed by atoms with Gasteiger partial charge in [0.2, 0.25) is 0 Å². The third-order valence-corrected chi connectivity index (χ3v) is 5.89. The summed E-state index contributed by atoms with van der Waals surface area (Å²) in [5.74, 6) is -0.130. The summed E-state index contributed by atoms with van der Waals surface area (Å²) in [4.78, 5) is 30.8. The Morgan fingerprint density at radius 1 is 1.00 bits per heavy atom. The number of halogens is 1. The first kappa shape index (κ1) is 23.4. The molecule has 0 aliphatic carbocycles. The van der Waals surface area contributed by atoms with Gasteiger partial charge in [-0.25, -0.2) is 14.4 Å². The summed E-state index contributed by atoms with van der Waals surface area (Å²) >= 11 is 0. The van der Waals surface area contributed by atoms with Crippen LogP contribution in [0.3, 0.4) is 0 Å². The second-order valence-corrected chi connectivity index (χ2v) is 9.18. The Morgan fingerprint density at radius 2 is 1.81 bits per heavy atom. The molecule has 10 heteroatoms. The number of hydrogen-bond donors (Lipinski definition) is 1. The van der Waals surface area contributed by atoms with E-state index in [2.05, 4.69) is 25.0 Å². The van der Waals surface area contributed by atoms with Crippen molar-refractivity contribution in [2.45, 2.75) is 39.8 Å². The van der Waals surface area contributed by atoms with Crippen LogP contribution in [-0.4, -0.2) is 39.4 Å². The molecule has 182 valence electrons. The van der Waals surface area contributed by atoms with Crippen molar-refractivity contribution < 1.29 is 9.50 Å². The van der Waals surface area contributed by atoms with E-state index in [1.165, 1.54) is 12.3 Å². The first-order valence-corrected chi connectivity index (χ1v) is 11.3. The van der Waals surface area contributed by atoms with Crippen LogP contribution in [0.25, 0.3) is 28.0 Å². The molecule has 0 amide bonds. The Balaban J connectivity index is 1.60. The average Bonchev–Trinajstić information content (AvgIpc) is 3.23. The van der Waals surface area contributed by atoms with Gasteiger partial charge in [0.25, 0.3) is 5.56 Å². The lowest BCUT2D eigenvalue weighted by atomic mass is 10.1. The van der Waals surface area contributed by atoms with Crippen LogP contribution in [0.4, 0.5) is 4.39 Å². The molecule has 0 bridgehead atoms. The van der Waals surface area contributed by atoms with Gasteiger partial charge < -0.3 is 5.11 Å². The van der Waals surface area contributed by atoms with Crippen LogP contribution in [0.1, 0.15) is 36.6 Å². The highest BCUT2D eigenvalue weighted by molar-refractivity contribution is 5.79. The molecule has 0 saturated heterocycles. The molecule has 5 aromatic rings. The lowest BCUT2D eigenvalue weighted by Gasteiger charge is -2.17. The highest BCUT2D eigenvalue weighted by atomic mass is 19.1. The van der Waals surface area contributed by atoms with Crippen molar-refractivity contribution in [2.24, 2.45) is 0 Å². The van der Waals surface area contributed by atoms with Gasteiger partial charge in [-0.2, -0.15) is 5.10 Å². The Kier molecular flexibility index (Phi) is 5.68. The van der Waals surface area contributed by atoms with Crippen molar-refractivity contribution in [1.29, 1.82) is 0 Å². The molecular weight excluding hydrogens is 461 g/mol. The molecule has 1 N–H and O–H groups in total. The van der Waals surface area contributed by atoms with Gasteiger partial charge in [0.1, 0.15) is 11.4 Å². The molecule has 0 spiro atoms. The van der Waals surface area contributed by atoms with Gasteiger partial charge in [0, 0.05) is 18.1 Å². The third-order valence-electron chi connectivity index (χ3n) is 5.89. The van der Waals surface area contributed by atoms with Gasteiger partial charge in [-0.1, -0.05) is 0 Å². The maximum Gasteiger partial charge on any atom is 0.266 e. The van der Waals surface area contributed by atoms with Crippen molar-refractivity contribution in [1.82, 2.24) is 34.3 Å². The number of aliphatic hydroxyl groups is 1. The van der Waals surface area contributed by atoms with Gasteiger partial charge in [0.15, 0.2) is 5.82 Å². The second kappa shape index (κ2) is 8.72. The fourth-order valence-corrected chi connectivity index (χ4v) is 4.02. The molecule has 0 saturated carbocycles. The maximum absolute atomic E-state index is 13.6. The first-order valence-electron chi connectivity index (χ1n) is 11.3. The lowest BCUT2D eigenvalue weighted by Crippen LogP contribution is -2.22. The molecule has 0 radical (unpaired) electrons. The summed E-state index contributed by atoms with van der Waals surface area (Å²) in [6, 6.07) is 8.35. The van der Waals surface area contributed by atoms with Crippen LogP contribution in [0, 0.1) is 19.7 Å². The monoisotopic (exact) mass is 485 g/mol. The molecular formula is C26H24FN7O2. The molecule has 0 aliphatic rings. The summed E-state index contributed by atoms with van der Waals surface area (Å²) in [5, 5.41) is 15.1. The lowest BCUT2D eigenvalue weighted by molar-refractivity contribution is 0.0688. The summed E-state index contributed by atoms with van der Waals surface area (Å²) < 4.78 is 16.5. The summed E-state index contributed by atoms with van der Waals surface area (Å²) in [7, 11) is 0. The van der Waals surface area contributed by atoms with Crippen LogP contribution < -0.4 is 5.56 Å². The van der Waals surface area contributed by atoms with Crippen LogP contribution >= 0.6 is 0 Å².